The quantitative estimate of drug-likeness (QED) is 0.782. The van der Waals surface area contributed by atoms with Gasteiger partial charge in [-0.3, -0.25) is 4.79 Å². The highest BCUT2D eigenvalue weighted by Gasteiger charge is 2.14. The summed E-state index contributed by atoms with van der Waals surface area (Å²) in [6, 6.07) is 1.71. The second-order valence-electron chi connectivity index (χ2n) is 2.76. The molecule has 0 aliphatic carbocycles. The standard InChI is InChI=1S/C10H11BrO3/c1-6-7(5-12)4-8(11)10(14-3)9(6)13-2/h4-5H,1-3H3. The molecule has 0 fully saturated rings. The van der Waals surface area contributed by atoms with Crippen molar-refractivity contribution in [1.29, 1.82) is 0 Å². The lowest BCUT2D eigenvalue weighted by atomic mass is 10.1. The number of carbonyl (C=O) groups is 1. The Bertz CT molecular complexity index is 361. The second kappa shape index (κ2) is 4.46. The van der Waals surface area contributed by atoms with E-state index in [0.29, 0.717) is 21.5 Å². The van der Waals surface area contributed by atoms with Crippen molar-refractivity contribution in [1.82, 2.24) is 0 Å². The molecule has 0 bridgehead atoms. The van der Waals surface area contributed by atoms with Crippen LogP contribution in [0.5, 0.6) is 11.5 Å². The summed E-state index contributed by atoms with van der Waals surface area (Å²) < 4.78 is 11.0. The SMILES string of the molecule is COc1c(Br)cc(C=O)c(C)c1OC. The number of aldehydes is 1. The number of rotatable bonds is 3. The zero-order chi connectivity index (χ0) is 10.7. The van der Waals surface area contributed by atoms with Gasteiger partial charge in [-0.1, -0.05) is 0 Å². The molecule has 0 aromatic heterocycles. The second-order valence-corrected chi connectivity index (χ2v) is 3.61. The monoisotopic (exact) mass is 258 g/mol. The highest BCUT2D eigenvalue weighted by atomic mass is 79.9. The summed E-state index contributed by atoms with van der Waals surface area (Å²) >= 11 is 3.31. The predicted molar refractivity (Wildman–Crippen MR) is 57.4 cm³/mol. The van der Waals surface area contributed by atoms with Crippen molar-refractivity contribution in [3.63, 3.8) is 0 Å². The van der Waals surface area contributed by atoms with Crippen molar-refractivity contribution < 1.29 is 14.3 Å². The third kappa shape index (κ3) is 1.75. The highest BCUT2D eigenvalue weighted by Crippen LogP contribution is 2.39. The van der Waals surface area contributed by atoms with Gasteiger partial charge in [-0.25, -0.2) is 0 Å². The smallest absolute Gasteiger partial charge is 0.175 e. The van der Waals surface area contributed by atoms with E-state index in [1.807, 2.05) is 6.92 Å². The van der Waals surface area contributed by atoms with E-state index in [0.717, 1.165) is 11.8 Å². The lowest BCUT2D eigenvalue weighted by molar-refractivity contribution is 0.112. The Morgan fingerprint density at radius 2 is 1.86 bits per heavy atom. The minimum atomic E-state index is 0.587. The van der Waals surface area contributed by atoms with E-state index < -0.39 is 0 Å². The topological polar surface area (TPSA) is 35.5 Å². The number of carbonyl (C=O) groups excluding carboxylic acids is 1. The van der Waals surface area contributed by atoms with Gasteiger partial charge in [-0.15, -0.1) is 0 Å². The summed E-state index contributed by atoms with van der Waals surface area (Å²) in [5.74, 6) is 1.19. The fourth-order valence-corrected chi connectivity index (χ4v) is 1.87. The van der Waals surface area contributed by atoms with Crippen molar-refractivity contribution in [2.24, 2.45) is 0 Å². The Labute approximate surface area is 91.1 Å². The van der Waals surface area contributed by atoms with Gasteiger partial charge in [-0.05, 0) is 28.9 Å². The molecule has 0 aliphatic heterocycles. The minimum absolute atomic E-state index is 0.587. The first kappa shape index (κ1) is 11.0. The van der Waals surface area contributed by atoms with Crippen molar-refractivity contribution in [3.8, 4) is 11.5 Å². The molecule has 0 unspecified atom stereocenters. The largest absolute Gasteiger partial charge is 0.493 e. The van der Waals surface area contributed by atoms with Crippen molar-refractivity contribution >= 4 is 22.2 Å². The van der Waals surface area contributed by atoms with Gasteiger partial charge >= 0.3 is 0 Å². The van der Waals surface area contributed by atoms with E-state index in [1.165, 1.54) is 0 Å². The van der Waals surface area contributed by atoms with Crippen molar-refractivity contribution in [2.45, 2.75) is 6.92 Å². The van der Waals surface area contributed by atoms with Crippen molar-refractivity contribution in [3.05, 3.63) is 21.7 Å². The van der Waals surface area contributed by atoms with Crippen LogP contribution in [0.15, 0.2) is 10.5 Å². The van der Waals surface area contributed by atoms with E-state index in [2.05, 4.69) is 15.9 Å². The average Bonchev–Trinajstić information content (AvgIpc) is 2.20. The van der Waals surface area contributed by atoms with Crippen LogP contribution in [0, 0.1) is 6.92 Å². The number of halogens is 1. The zero-order valence-electron chi connectivity index (χ0n) is 8.26. The van der Waals surface area contributed by atoms with E-state index in [1.54, 1.807) is 20.3 Å². The molecular formula is C10H11BrO3. The van der Waals surface area contributed by atoms with E-state index in [-0.39, 0.29) is 0 Å². The first-order chi connectivity index (χ1) is 6.65. The summed E-state index contributed by atoms with van der Waals surface area (Å²) in [6.45, 7) is 1.82. The molecule has 1 rings (SSSR count). The summed E-state index contributed by atoms with van der Waals surface area (Å²) in [7, 11) is 3.11. The molecule has 0 radical (unpaired) electrons. The molecule has 0 N–H and O–H groups in total. The third-order valence-electron chi connectivity index (χ3n) is 2.01. The van der Waals surface area contributed by atoms with E-state index in [4.69, 9.17) is 9.47 Å². The normalized spacial score (nSPS) is 9.71. The van der Waals surface area contributed by atoms with Crippen LogP contribution in [-0.2, 0) is 0 Å². The first-order valence-electron chi connectivity index (χ1n) is 4.02. The Morgan fingerprint density at radius 3 is 2.29 bits per heavy atom. The van der Waals surface area contributed by atoms with Crippen molar-refractivity contribution in [2.75, 3.05) is 14.2 Å². The Morgan fingerprint density at radius 1 is 1.29 bits per heavy atom. The molecule has 76 valence electrons. The molecule has 3 nitrogen and oxygen atoms in total. The van der Waals surface area contributed by atoms with Crippen LogP contribution in [0.3, 0.4) is 0 Å². The molecule has 0 atom stereocenters. The van der Waals surface area contributed by atoms with Gasteiger partial charge in [0, 0.05) is 11.1 Å². The molecule has 0 amide bonds. The maximum atomic E-state index is 10.7. The summed E-state index contributed by atoms with van der Waals surface area (Å²) in [5.41, 5.74) is 1.37. The van der Waals surface area contributed by atoms with Crippen LogP contribution < -0.4 is 9.47 Å². The Kier molecular flexibility index (Phi) is 3.52. The van der Waals surface area contributed by atoms with Gasteiger partial charge in [0.2, 0.25) is 0 Å². The molecule has 0 saturated carbocycles. The molecule has 1 aromatic carbocycles. The van der Waals surface area contributed by atoms with Crippen LogP contribution in [-0.4, -0.2) is 20.5 Å². The molecule has 4 heteroatoms. The van der Waals surface area contributed by atoms with Crippen LogP contribution in [0.4, 0.5) is 0 Å². The number of ether oxygens (including phenoxy) is 2. The van der Waals surface area contributed by atoms with Crippen LogP contribution in [0.1, 0.15) is 15.9 Å². The maximum absolute atomic E-state index is 10.7. The molecule has 1 aromatic rings. The van der Waals surface area contributed by atoms with Crippen LogP contribution >= 0.6 is 15.9 Å². The number of benzene rings is 1. The molecule has 0 saturated heterocycles. The fourth-order valence-electron chi connectivity index (χ4n) is 1.28. The maximum Gasteiger partial charge on any atom is 0.175 e. The molecule has 0 spiro atoms. The lowest BCUT2D eigenvalue weighted by Gasteiger charge is -2.13. The minimum Gasteiger partial charge on any atom is -0.493 e. The number of hydrogen-bond acceptors (Lipinski definition) is 3. The molecule has 14 heavy (non-hydrogen) atoms. The van der Waals surface area contributed by atoms with Gasteiger partial charge in [0.15, 0.2) is 11.5 Å². The van der Waals surface area contributed by atoms with Gasteiger partial charge in [0.05, 0.1) is 18.7 Å². The first-order valence-corrected chi connectivity index (χ1v) is 4.81. The van der Waals surface area contributed by atoms with Gasteiger partial charge in [0.1, 0.15) is 6.29 Å². The number of hydrogen-bond donors (Lipinski definition) is 0. The fraction of sp³-hybridized carbons (Fsp3) is 0.300. The van der Waals surface area contributed by atoms with Gasteiger partial charge in [-0.2, -0.15) is 0 Å². The van der Waals surface area contributed by atoms with E-state index >= 15 is 0 Å². The summed E-state index contributed by atoms with van der Waals surface area (Å²) in [6.07, 6.45) is 0.794. The van der Waals surface area contributed by atoms with E-state index in [9.17, 15) is 4.79 Å². The predicted octanol–water partition coefficient (Wildman–Crippen LogP) is 2.59. The highest BCUT2D eigenvalue weighted by molar-refractivity contribution is 9.10. The Hall–Kier alpha value is -1.03. The Balaban J connectivity index is 3.47. The number of methoxy groups -OCH3 is 2. The molecular weight excluding hydrogens is 248 g/mol. The molecule has 0 heterocycles. The third-order valence-corrected chi connectivity index (χ3v) is 2.60. The van der Waals surface area contributed by atoms with Crippen LogP contribution in [0.2, 0.25) is 0 Å². The van der Waals surface area contributed by atoms with Crippen LogP contribution in [0.25, 0.3) is 0 Å². The molecule has 0 aliphatic rings. The summed E-state index contributed by atoms with van der Waals surface area (Å²) in [4.78, 5) is 10.7. The average molecular weight is 259 g/mol. The lowest BCUT2D eigenvalue weighted by Crippen LogP contribution is -1.97. The van der Waals surface area contributed by atoms with Gasteiger partial charge in [0.25, 0.3) is 0 Å². The zero-order valence-corrected chi connectivity index (χ0v) is 9.84. The summed E-state index contributed by atoms with van der Waals surface area (Å²) in [5, 5.41) is 0. The van der Waals surface area contributed by atoms with Gasteiger partial charge < -0.3 is 9.47 Å².